The highest BCUT2D eigenvalue weighted by Gasteiger charge is 2.20. The predicted octanol–water partition coefficient (Wildman–Crippen LogP) is 5.91. The minimum absolute atomic E-state index is 0.0456. The number of alkyl halides is 1. The number of nitrogens with zero attached hydrogens (tertiary/aromatic N) is 3. The molecule has 1 heterocycles. The molecular weight excluding hydrogens is 478 g/mol. The van der Waals surface area contributed by atoms with Crippen molar-refractivity contribution in [3.05, 3.63) is 80.7 Å². The van der Waals surface area contributed by atoms with Crippen LogP contribution in [0.1, 0.15) is 22.4 Å². The van der Waals surface area contributed by atoms with Gasteiger partial charge < -0.3 is 15.3 Å². The highest BCUT2D eigenvalue weighted by Crippen LogP contribution is 2.29. The summed E-state index contributed by atoms with van der Waals surface area (Å²) >= 11 is 18.2. The number of amidine groups is 1. The molecule has 0 aliphatic rings. The third-order valence-electron chi connectivity index (χ3n) is 4.61. The van der Waals surface area contributed by atoms with Crippen molar-refractivity contribution in [3.63, 3.8) is 0 Å². The summed E-state index contributed by atoms with van der Waals surface area (Å²) in [6.07, 6.45) is 0.513. The SMILES string of the molecule is Cc1cc(C(=NO)N[C@@H](CCl)Cc2ccc(C)c(Cl)c2)c(Oc2cccc(Cl)c2F)nn1. The highest BCUT2D eigenvalue weighted by molar-refractivity contribution is 6.31. The lowest BCUT2D eigenvalue weighted by Crippen LogP contribution is -2.38. The topological polar surface area (TPSA) is 79.6 Å². The monoisotopic (exact) mass is 496 g/mol. The van der Waals surface area contributed by atoms with Crippen molar-refractivity contribution in [3.8, 4) is 11.6 Å². The molecule has 1 aromatic heterocycles. The lowest BCUT2D eigenvalue weighted by atomic mass is 10.0. The minimum Gasteiger partial charge on any atom is -0.434 e. The van der Waals surface area contributed by atoms with Gasteiger partial charge in [0.25, 0.3) is 0 Å². The van der Waals surface area contributed by atoms with E-state index in [4.69, 9.17) is 39.5 Å². The predicted molar refractivity (Wildman–Crippen MR) is 124 cm³/mol. The molecule has 168 valence electrons. The number of aryl methyl sites for hydroxylation is 2. The zero-order valence-corrected chi connectivity index (χ0v) is 19.5. The number of oxime groups is 1. The fourth-order valence-corrected chi connectivity index (χ4v) is 3.49. The number of halogens is 4. The first-order valence-corrected chi connectivity index (χ1v) is 10.9. The largest absolute Gasteiger partial charge is 0.434 e. The fraction of sp³-hybridized carbons (Fsp3) is 0.227. The summed E-state index contributed by atoms with van der Waals surface area (Å²) in [4.78, 5) is 0. The van der Waals surface area contributed by atoms with E-state index in [0.29, 0.717) is 17.1 Å². The van der Waals surface area contributed by atoms with Crippen LogP contribution in [0.2, 0.25) is 10.0 Å². The highest BCUT2D eigenvalue weighted by atomic mass is 35.5. The van der Waals surface area contributed by atoms with Gasteiger partial charge in [-0.05, 0) is 55.7 Å². The van der Waals surface area contributed by atoms with Crippen molar-refractivity contribution in [2.45, 2.75) is 26.3 Å². The molecule has 0 saturated carbocycles. The first-order chi connectivity index (χ1) is 15.3. The molecule has 0 aliphatic heterocycles. The molecule has 0 fully saturated rings. The maximum atomic E-state index is 14.3. The number of ether oxygens (including phenoxy) is 1. The molecule has 0 radical (unpaired) electrons. The normalized spacial score (nSPS) is 12.5. The molecule has 1 atom stereocenters. The summed E-state index contributed by atoms with van der Waals surface area (Å²) in [5.74, 6) is -0.695. The van der Waals surface area contributed by atoms with Crippen molar-refractivity contribution in [2.24, 2.45) is 5.16 Å². The quantitative estimate of drug-likeness (QED) is 0.139. The van der Waals surface area contributed by atoms with E-state index in [1.54, 1.807) is 13.0 Å². The third kappa shape index (κ3) is 5.79. The molecule has 0 bridgehead atoms. The standard InChI is InChI=1S/C22H20Cl3FN4O2/c1-12-6-7-14(10-18(12)25)9-15(11-23)27-21(30-31)16-8-13(2)28-29-22(16)32-19-5-3-4-17(24)20(19)26/h3-8,10,15,31H,9,11H2,1-2H3,(H,27,30)/t15-/m1/s1. The maximum Gasteiger partial charge on any atom is 0.250 e. The Hall–Kier alpha value is -2.61. The zero-order chi connectivity index (χ0) is 23.3. The number of rotatable bonds is 7. The average Bonchev–Trinajstić information content (AvgIpc) is 2.78. The summed E-state index contributed by atoms with van der Waals surface area (Å²) in [5, 5.41) is 24.7. The van der Waals surface area contributed by atoms with Crippen molar-refractivity contribution in [1.29, 1.82) is 0 Å². The van der Waals surface area contributed by atoms with Crippen LogP contribution in [0, 0.1) is 19.7 Å². The maximum absolute atomic E-state index is 14.3. The van der Waals surface area contributed by atoms with E-state index in [-0.39, 0.29) is 40.0 Å². The van der Waals surface area contributed by atoms with Crippen LogP contribution in [0.5, 0.6) is 11.6 Å². The van der Waals surface area contributed by atoms with Gasteiger partial charge in [-0.1, -0.05) is 46.6 Å². The van der Waals surface area contributed by atoms with Crippen molar-refractivity contribution < 1.29 is 14.3 Å². The Labute approximate surface area is 200 Å². The zero-order valence-electron chi connectivity index (χ0n) is 17.2. The smallest absolute Gasteiger partial charge is 0.250 e. The van der Waals surface area contributed by atoms with E-state index < -0.39 is 5.82 Å². The first kappa shape index (κ1) is 24.0. The number of hydrogen-bond donors (Lipinski definition) is 2. The van der Waals surface area contributed by atoms with E-state index in [1.807, 2.05) is 25.1 Å². The van der Waals surface area contributed by atoms with Gasteiger partial charge in [-0.3, -0.25) is 0 Å². The van der Waals surface area contributed by atoms with Crippen LogP contribution in [-0.2, 0) is 6.42 Å². The Morgan fingerprint density at radius 2 is 1.94 bits per heavy atom. The van der Waals surface area contributed by atoms with Crippen LogP contribution >= 0.6 is 34.8 Å². The Kier molecular flexibility index (Phi) is 8.12. The summed E-state index contributed by atoms with van der Waals surface area (Å²) in [7, 11) is 0. The molecule has 0 saturated heterocycles. The van der Waals surface area contributed by atoms with E-state index in [0.717, 1.165) is 11.1 Å². The molecule has 10 heteroatoms. The summed E-state index contributed by atoms with van der Waals surface area (Å²) in [6, 6.07) is 11.4. The Morgan fingerprint density at radius 1 is 1.16 bits per heavy atom. The Morgan fingerprint density at radius 3 is 2.62 bits per heavy atom. The molecule has 0 spiro atoms. The lowest BCUT2D eigenvalue weighted by Gasteiger charge is -2.20. The summed E-state index contributed by atoms with van der Waals surface area (Å²) in [5.41, 5.74) is 2.74. The van der Waals surface area contributed by atoms with Crippen LogP contribution in [-0.4, -0.2) is 33.2 Å². The van der Waals surface area contributed by atoms with Gasteiger partial charge in [-0.15, -0.1) is 16.7 Å². The molecule has 2 aromatic carbocycles. The molecule has 0 amide bonds. The molecule has 6 nitrogen and oxygen atoms in total. The van der Waals surface area contributed by atoms with Crippen LogP contribution in [0.4, 0.5) is 4.39 Å². The second-order valence-electron chi connectivity index (χ2n) is 7.09. The van der Waals surface area contributed by atoms with Crippen molar-refractivity contribution >= 4 is 40.6 Å². The second kappa shape index (κ2) is 10.8. The van der Waals surface area contributed by atoms with Gasteiger partial charge in [-0.25, -0.2) is 4.39 Å². The van der Waals surface area contributed by atoms with Crippen LogP contribution < -0.4 is 10.1 Å². The molecule has 3 rings (SSSR count). The molecule has 0 unspecified atom stereocenters. The van der Waals surface area contributed by atoms with Crippen LogP contribution in [0.25, 0.3) is 0 Å². The van der Waals surface area contributed by atoms with Gasteiger partial charge in [0.2, 0.25) is 5.88 Å². The third-order valence-corrected chi connectivity index (χ3v) is 5.68. The second-order valence-corrected chi connectivity index (χ2v) is 8.21. The molecule has 2 N–H and O–H groups in total. The molecule has 32 heavy (non-hydrogen) atoms. The van der Waals surface area contributed by atoms with Gasteiger partial charge >= 0.3 is 0 Å². The van der Waals surface area contributed by atoms with Gasteiger partial charge in [0.15, 0.2) is 17.4 Å². The molecule has 3 aromatic rings. The fourth-order valence-electron chi connectivity index (χ4n) is 2.94. The van der Waals surface area contributed by atoms with Gasteiger partial charge in [0.1, 0.15) is 0 Å². The Balaban J connectivity index is 1.88. The number of benzene rings is 2. The van der Waals surface area contributed by atoms with Gasteiger partial charge in [0.05, 0.1) is 16.3 Å². The van der Waals surface area contributed by atoms with Crippen LogP contribution in [0.15, 0.2) is 47.6 Å². The minimum atomic E-state index is -0.743. The number of aromatic nitrogens is 2. The summed E-state index contributed by atoms with van der Waals surface area (Å²) in [6.45, 7) is 3.63. The van der Waals surface area contributed by atoms with E-state index in [2.05, 4.69) is 20.7 Å². The molecular formula is C22H20Cl3FN4O2. The number of nitrogens with one attached hydrogen (secondary N) is 1. The number of hydrogen-bond acceptors (Lipinski definition) is 5. The van der Waals surface area contributed by atoms with E-state index >= 15 is 0 Å². The summed E-state index contributed by atoms with van der Waals surface area (Å²) < 4.78 is 19.9. The van der Waals surface area contributed by atoms with Crippen molar-refractivity contribution in [1.82, 2.24) is 15.5 Å². The van der Waals surface area contributed by atoms with Gasteiger partial charge in [-0.2, -0.15) is 5.10 Å². The van der Waals surface area contributed by atoms with Gasteiger partial charge in [0, 0.05) is 16.9 Å². The van der Waals surface area contributed by atoms with Crippen LogP contribution in [0.3, 0.4) is 0 Å². The average molecular weight is 498 g/mol. The first-order valence-electron chi connectivity index (χ1n) is 9.58. The molecule has 0 aliphatic carbocycles. The van der Waals surface area contributed by atoms with Crippen molar-refractivity contribution in [2.75, 3.05) is 5.88 Å². The Bertz CT molecular complexity index is 1140. The van der Waals surface area contributed by atoms with E-state index in [9.17, 15) is 9.60 Å². The van der Waals surface area contributed by atoms with E-state index in [1.165, 1.54) is 18.2 Å². The lowest BCUT2D eigenvalue weighted by molar-refractivity contribution is 0.315.